The standard InChI is InChI=1S/C14H12ClN3S/c15-11-4-3-10(8-12(11)16)9-18-6-5-17-14(18)13-2-1-7-19-13/h1-8H,9,16H2. The van der Waals surface area contributed by atoms with E-state index in [2.05, 4.69) is 21.0 Å². The molecule has 0 aliphatic carbocycles. The Balaban J connectivity index is 1.92. The van der Waals surface area contributed by atoms with E-state index in [9.17, 15) is 0 Å². The first-order chi connectivity index (χ1) is 9.24. The van der Waals surface area contributed by atoms with Crippen LogP contribution in [0.1, 0.15) is 5.56 Å². The number of anilines is 1. The molecule has 0 aliphatic rings. The summed E-state index contributed by atoms with van der Waals surface area (Å²) in [5, 5.41) is 2.64. The SMILES string of the molecule is Nc1cc(Cn2ccnc2-c2cccs2)ccc1Cl. The number of rotatable bonds is 3. The molecular formula is C14H12ClN3S. The number of benzene rings is 1. The summed E-state index contributed by atoms with van der Waals surface area (Å²) in [5.74, 6) is 0.975. The minimum absolute atomic E-state index is 0.591. The summed E-state index contributed by atoms with van der Waals surface area (Å²) in [5.41, 5.74) is 7.54. The van der Waals surface area contributed by atoms with Gasteiger partial charge in [0.1, 0.15) is 5.82 Å². The number of nitrogens with zero attached hydrogens (tertiary/aromatic N) is 2. The van der Waals surface area contributed by atoms with Gasteiger partial charge in [-0.2, -0.15) is 0 Å². The van der Waals surface area contributed by atoms with Crippen molar-refractivity contribution in [3.05, 3.63) is 58.7 Å². The molecule has 0 saturated carbocycles. The number of hydrogen-bond donors (Lipinski definition) is 1. The lowest BCUT2D eigenvalue weighted by Crippen LogP contribution is -2.01. The van der Waals surface area contributed by atoms with E-state index in [1.165, 1.54) is 0 Å². The second kappa shape index (κ2) is 5.07. The van der Waals surface area contributed by atoms with Crippen LogP contribution < -0.4 is 5.73 Å². The Morgan fingerprint density at radius 1 is 1.32 bits per heavy atom. The van der Waals surface area contributed by atoms with Gasteiger partial charge in [-0.05, 0) is 29.1 Å². The van der Waals surface area contributed by atoms with Crippen LogP contribution in [-0.2, 0) is 6.54 Å². The van der Waals surface area contributed by atoms with E-state index in [0.29, 0.717) is 10.7 Å². The van der Waals surface area contributed by atoms with Crippen LogP contribution in [0, 0.1) is 0 Å². The molecule has 0 radical (unpaired) electrons. The highest BCUT2D eigenvalue weighted by molar-refractivity contribution is 7.13. The van der Waals surface area contributed by atoms with Crippen molar-refractivity contribution in [3.8, 4) is 10.7 Å². The molecule has 96 valence electrons. The Morgan fingerprint density at radius 3 is 2.95 bits per heavy atom. The zero-order chi connectivity index (χ0) is 13.2. The molecule has 0 spiro atoms. The van der Waals surface area contributed by atoms with Crippen LogP contribution in [0.2, 0.25) is 5.02 Å². The van der Waals surface area contributed by atoms with E-state index in [4.69, 9.17) is 17.3 Å². The third-order valence-electron chi connectivity index (χ3n) is 2.87. The average molecular weight is 290 g/mol. The topological polar surface area (TPSA) is 43.8 Å². The Bertz CT molecular complexity index is 689. The van der Waals surface area contributed by atoms with Crippen molar-refractivity contribution < 1.29 is 0 Å². The van der Waals surface area contributed by atoms with Gasteiger partial charge in [0.2, 0.25) is 0 Å². The third-order valence-corrected chi connectivity index (χ3v) is 4.08. The predicted molar refractivity (Wildman–Crippen MR) is 80.5 cm³/mol. The number of nitrogen functional groups attached to an aromatic ring is 1. The van der Waals surface area contributed by atoms with Crippen LogP contribution in [0.15, 0.2) is 48.1 Å². The summed E-state index contributed by atoms with van der Waals surface area (Å²) < 4.78 is 2.11. The maximum Gasteiger partial charge on any atom is 0.150 e. The van der Waals surface area contributed by atoms with Crippen LogP contribution >= 0.6 is 22.9 Å². The minimum atomic E-state index is 0.591. The third kappa shape index (κ3) is 2.50. The van der Waals surface area contributed by atoms with E-state index >= 15 is 0 Å². The van der Waals surface area contributed by atoms with Crippen molar-refractivity contribution in [2.75, 3.05) is 5.73 Å². The highest BCUT2D eigenvalue weighted by Crippen LogP contribution is 2.25. The van der Waals surface area contributed by atoms with Crippen LogP contribution in [-0.4, -0.2) is 9.55 Å². The van der Waals surface area contributed by atoms with Crippen molar-refractivity contribution in [1.29, 1.82) is 0 Å². The molecule has 0 fully saturated rings. The first-order valence-corrected chi connectivity index (χ1v) is 7.09. The fraction of sp³-hybridized carbons (Fsp3) is 0.0714. The molecule has 0 saturated heterocycles. The molecule has 3 rings (SSSR count). The minimum Gasteiger partial charge on any atom is -0.398 e. The maximum atomic E-state index is 5.93. The largest absolute Gasteiger partial charge is 0.398 e. The van der Waals surface area contributed by atoms with Crippen molar-refractivity contribution >= 4 is 28.6 Å². The highest BCUT2D eigenvalue weighted by Gasteiger charge is 2.07. The number of thiophene rings is 1. The zero-order valence-electron chi connectivity index (χ0n) is 10.1. The van der Waals surface area contributed by atoms with Crippen molar-refractivity contribution in [1.82, 2.24) is 9.55 Å². The van der Waals surface area contributed by atoms with E-state index in [0.717, 1.165) is 22.8 Å². The molecule has 0 aliphatic heterocycles. The lowest BCUT2D eigenvalue weighted by Gasteiger charge is -2.08. The van der Waals surface area contributed by atoms with E-state index < -0.39 is 0 Å². The Labute approximate surface area is 120 Å². The average Bonchev–Trinajstić information content (AvgIpc) is 3.04. The molecule has 0 unspecified atom stereocenters. The normalized spacial score (nSPS) is 10.8. The summed E-state index contributed by atoms with van der Waals surface area (Å²) in [6.45, 7) is 0.731. The maximum absolute atomic E-state index is 5.93. The molecule has 5 heteroatoms. The zero-order valence-corrected chi connectivity index (χ0v) is 11.7. The van der Waals surface area contributed by atoms with E-state index in [1.807, 2.05) is 36.7 Å². The van der Waals surface area contributed by atoms with Gasteiger partial charge in [0.15, 0.2) is 0 Å². The van der Waals surface area contributed by atoms with Crippen LogP contribution in [0.3, 0.4) is 0 Å². The molecule has 2 N–H and O–H groups in total. The van der Waals surface area contributed by atoms with Crippen molar-refractivity contribution in [3.63, 3.8) is 0 Å². The molecule has 0 bridgehead atoms. The van der Waals surface area contributed by atoms with Crippen LogP contribution in [0.4, 0.5) is 5.69 Å². The Kier molecular flexibility index (Phi) is 3.27. The lowest BCUT2D eigenvalue weighted by molar-refractivity contribution is 0.809. The fourth-order valence-electron chi connectivity index (χ4n) is 1.96. The van der Waals surface area contributed by atoms with Gasteiger partial charge in [0, 0.05) is 18.9 Å². The second-order valence-electron chi connectivity index (χ2n) is 4.21. The lowest BCUT2D eigenvalue weighted by atomic mass is 10.2. The first kappa shape index (κ1) is 12.3. The molecule has 3 nitrogen and oxygen atoms in total. The second-order valence-corrected chi connectivity index (χ2v) is 5.57. The Morgan fingerprint density at radius 2 is 2.21 bits per heavy atom. The summed E-state index contributed by atoms with van der Waals surface area (Å²) in [4.78, 5) is 5.57. The van der Waals surface area contributed by atoms with Gasteiger partial charge in [0.25, 0.3) is 0 Å². The molecular weight excluding hydrogens is 278 g/mol. The monoisotopic (exact) mass is 289 g/mol. The summed E-state index contributed by atoms with van der Waals surface area (Å²) in [7, 11) is 0. The van der Waals surface area contributed by atoms with Crippen LogP contribution in [0.25, 0.3) is 10.7 Å². The molecule has 1 aromatic carbocycles. The van der Waals surface area contributed by atoms with Crippen molar-refractivity contribution in [2.24, 2.45) is 0 Å². The predicted octanol–water partition coefficient (Wildman–Crippen LogP) is 3.90. The van der Waals surface area contributed by atoms with Crippen molar-refractivity contribution in [2.45, 2.75) is 6.54 Å². The van der Waals surface area contributed by atoms with Crippen LogP contribution in [0.5, 0.6) is 0 Å². The Hall–Kier alpha value is -1.78. The molecule has 2 heterocycles. The number of nitrogens with two attached hydrogens (primary N) is 1. The van der Waals surface area contributed by atoms with Gasteiger partial charge in [-0.3, -0.25) is 0 Å². The molecule has 19 heavy (non-hydrogen) atoms. The summed E-state index contributed by atoms with van der Waals surface area (Å²) in [6, 6.07) is 9.81. The van der Waals surface area contributed by atoms with Gasteiger partial charge in [-0.1, -0.05) is 23.7 Å². The van der Waals surface area contributed by atoms with Gasteiger partial charge in [0.05, 0.1) is 15.6 Å². The fourth-order valence-corrected chi connectivity index (χ4v) is 2.81. The molecule has 2 aromatic heterocycles. The molecule has 3 aromatic rings. The number of halogens is 1. The van der Waals surface area contributed by atoms with Gasteiger partial charge in [-0.15, -0.1) is 11.3 Å². The van der Waals surface area contributed by atoms with Gasteiger partial charge >= 0.3 is 0 Å². The first-order valence-electron chi connectivity index (χ1n) is 5.83. The van der Waals surface area contributed by atoms with Gasteiger partial charge < -0.3 is 10.3 Å². The van der Waals surface area contributed by atoms with E-state index in [1.54, 1.807) is 11.3 Å². The van der Waals surface area contributed by atoms with Gasteiger partial charge in [-0.25, -0.2) is 4.98 Å². The highest BCUT2D eigenvalue weighted by atomic mass is 35.5. The molecule has 0 atom stereocenters. The quantitative estimate of drug-likeness (QED) is 0.743. The number of imidazole rings is 1. The van der Waals surface area contributed by atoms with E-state index in [-0.39, 0.29) is 0 Å². The summed E-state index contributed by atoms with van der Waals surface area (Å²) >= 11 is 7.61. The number of aromatic nitrogens is 2. The smallest absolute Gasteiger partial charge is 0.150 e. The summed E-state index contributed by atoms with van der Waals surface area (Å²) in [6.07, 6.45) is 3.79. The molecule has 0 amide bonds. The number of hydrogen-bond acceptors (Lipinski definition) is 3.